The van der Waals surface area contributed by atoms with Crippen molar-refractivity contribution in [3.8, 4) is 22.8 Å². The number of rotatable bonds is 6. The highest BCUT2D eigenvalue weighted by atomic mass is 32.2. The number of fused-ring (bicyclic) bond motifs is 1. The molecule has 0 atom stereocenters. The van der Waals surface area contributed by atoms with Crippen molar-refractivity contribution >= 4 is 17.4 Å². The summed E-state index contributed by atoms with van der Waals surface area (Å²) in [7, 11) is 3.23. The average molecular weight is 379 g/mol. The molecule has 4 rings (SSSR count). The summed E-state index contributed by atoms with van der Waals surface area (Å²) in [6.07, 6.45) is 1.78. The number of hydrogen-bond acceptors (Lipinski definition) is 7. The number of thioether (sulfide) groups is 1. The fourth-order valence-corrected chi connectivity index (χ4v) is 3.43. The number of pyridine rings is 1. The molecule has 0 radical (unpaired) electrons. The molecule has 0 aliphatic carbocycles. The maximum absolute atomic E-state index is 5.39. The van der Waals surface area contributed by atoms with Crippen LogP contribution in [-0.4, -0.2) is 39.0 Å². The molecule has 0 saturated carbocycles. The maximum atomic E-state index is 5.39. The monoisotopic (exact) mass is 379 g/mol. The zero-order valence-electron chi connectivity index (χ0n) is 14.9. The van der Waals surface area contributed by atoms with E-state index in [1.165, 1.54) is 0 Å². The van der Waals surface area contributed by atoms with Gasteiger partial charge in [0, 0.05) is 17.5 Å². The van der Waals surface area contributed by atoms with Gasteiger partial charge in [-0.25, -0.2) is 0 Å². The highest BCUT2D eigenvalue weighted by Crippen LogP contribution is 2.32. The fraction of sp³-hybridized carbons (Fsp3) is 0.158. The van der Waals surface area contributed by atoms with E-state index in [2.05, 4.69) is 15.2 Å². The third-order valence-electron chi connectivity index (χ3n) is 3.99. The van der Waals surface area contributed by atoms with Gasteiger partial charge in [-0.05, 0) is 42.5 Å². The number of hydrogen-bond donors (Lipinski definition) is 0. The van der Waals surface area contributed by atoms with E-state index in [9.17, 15) is 0 Å². The third kappa shape index (κ3) is 3.56. The molecule has 3 heterocycles. The number of benzene rings is 1. The van der Waals surface area contributed by atoms with E-state index in [-0.39, 0.29) is 0 Å². The van der Waals surface area contributed by atoms with Crippen molar-refractivity contribution in [2.75, 3.05) is 14.2 Å². The Morgan fingerprint density at radius 2 is 1.85 bits per heavy atom. The Morgan fingerprint density at radius 3 is 2.63 bits per heavy atom. The molecule has 0 saturated heterocycles. The lowest BCUT2D eigenvalue weighted by molar-refractivity contribution is 0.355. The third-order valence-corrected chi connectivity index (χ3v) is 4.94. The Labute approximate surface area is 160 Å². The van der Waals surface area contributed by atoms with Crippen LogP contribution < -0.4 is 9.47 Å². The number of nitrogens with zero attached hydrogens (tertiary/aromatic N) is 5. The Morgan fingerprint density at radius 1 is 0.963 bits per heavy atom. The van der Waals surface area contributed by atoms with Gasteiger partial charge in [0.15, 0.2) is 17.1 Å². The first-order chi connectivity index (χ1) is 13.3. The molecule has 0 unspecified atom stereocenters. The summed E-state index contributed by atoms with van der Waals surface area (Å²) in [6.45, 7) is 0. The van der Waals surface area contributed by atoms with Crippen molar-refractivity contribution in [2.24, 2.45) is 0 Å². The molecule has 8 heteroatoms. The van der Waals surface area contributed by atoms with E-state index in [1.807, 2.05) is 48.5 Å². The van der Waals surface area contributed by atoms with E-state index in [0.717, 1.165) is 22.1 Å². The van der Waals surface area contributed by atoms with Crippen molar-refractivity contribution in [3.63, 3.8) is 0 Å². The first kappa shape index (κ1) is 17.3. The van der Waals surface area contributed by atoms with Gasteiger partial charge in [-0.3, -0.25) is 4.98 Å². The second kappa shape index (κ2) is 7.63. The van der Waals surface area contributed by atoms with Crippen LogP contribution in [0.1, 0.15) is 5.69 Å². The summed E-state index contributed by atoms with van der Waals surface area (Å²) in [5.41, 5.74) is 3.39. The molecule has 1 aromatic carbocycles. The van der Waals surface area contributed by atoms with E-state index in [4.69, 9.17) is 14.6 Å². The lowest BCUT2D eigenvalue weighted by atomic mass is 10.1. The molecule has 0 aliphatic heterocycles. The van der Waals surface area contributed by atoms with Crippen LogP contribution in [0.4, 0.5) is 0 Å². The molecule has 0 fully saturated rings. The standard InChI is InChI=1S/C19H17N5O2S/c1-25-16-8-6-13(11-17(16)26-2)15-7-9-18-21-22-19(24(18)23-15)27-12-14-5-3-4-10-20-14/h3-11H,12H2,1-2H3. The predicted molar refractivity (Wildman–Crippen MR) is 103 cm³/mol. The average Bonchev–Trinajstić information content (AvgIpc) is 3.14. The molecule has 7 nitrogen and oxygen atoms in total. The van der Waals surface area contributed by atoms with Gasteiger partial charge in [0.05, 0.1) is 25.6 Å². The van der Waals surface area contributed by atoms with Crippen LogP contribution in [0, 0.1) is 0 Å². The largest absolute Gasteiger partial charge is 0.493 e. The first-order valence-electron chi connectivity index (χ1n) is 8.26. The van der Waals surface area contributed by atoms with Gasteiger partial charge in [0.1, 0.15) is 0 Å². The molecule has 0 N–H and O–H groups in total. The molecule has 0 aliphatic rings. The summed E-state index contributed by atoms with van der Waals surface area (Å²) in [5, 5.41) is 13.9. The maximum Gasteiger partial charge on any atom is 0.212 e. The highest BCUT2D eigenvalue weighted by Gasteiger charge is 2.12. The van der Waals surface area contributed by atoms with Crippen LogP contribution in [0.2, 0.25) is 0 Å². The smallest absolute Gasteiger partial charge is 0.212 e. The van der Waals surface area contributed by atoms with Crippen LogP contribution in [-0.2, 0) is 5.75 Å². The van der Waals surface area contributed by atoms with E-state index in [1.54, 1.807) is 36.7 Å². The Balaban J connectivity index is 1.65. The van der Waals surface area contributed by atoms with E-state index in [0.29, 0.717) is 22.9 Å². The molecule has 3 aromatic heterocycles. The second-order valence-electron chi connectivity index (χ2n) is 5.65. The number of aromatic nitrogens is 5. The number of methoxy groups -OCH3 is 2. The Bertz CT molecular complexity index is 1070. The summed E-state index contributed by atoms with van der Waals surface area (Å²) in [6, 6.07) is 15.4. The van der Waals surface area contributed by atoms with Crippen LogP contribution in [0.25, 0.3) is 16.9 Å². The quantitative estimate of drug-likeness (QED) is 0.475. The van der Waals surface area contributed by atoms with Gasteiger partial charge in [-0.1, -0.05) is 17.8 Å². The topological polar surface area (TPSA) is 74.4 Å². The Hall–Kier alpha value is -3.13. The van der Waals surface area contributed by atoms with Crippen molar-refractivity contribution in [1.29, 1.82) is 0 Å². The summed E-state index contributed by atoms with van der Waals surface area (Å²) < 4.78 is 12.4. The molecule has 0 amide bonds. The van der Waals surface area contributed by atoms with Crippen LogP contribution in [0.15, 0.2) is 59.9 Å². The lowest BCUT2D eigenvalue weighted by Crippen LogP contribution is -1.97. The van der Waals surface area contributed by atoms with Gasteiger partial charge >= 0.3 is 0 Å². The van der Waals surface area contributed by atoms with Gasteiger partial charge in [0.2, 0.25) is 5.16 Å². The lowest BCUT2D eigenvalue weighted by Gasteiger charge is -2.09. The predicted octanol–water partition coefficient (Wildman–Crippen LogP) is 3.50. The molecule has 0 bridgehead atoms. The van der Waals surface area contributed by atoms with Gasteiger partial charge in [-0.2, -0.15) is 9.61 Å². The normalized spacial score (nSPS) is 10.9. The zero-order valence-corrected chi connectivity index (χ0v) is 15.7. The molecule has 27 heavy (non-hydrogen) atoms. The van der Waals surface area contributed by atoms with Crippen molar-refractivity contribution in [1.82, 2.24) is 24.8 Å². The van der Waals surface area contributed by atoms with Crippen molar-refractivity contribution in [2.45, 2.75) is 10.9 Å². The minimum Gasteiger partial charge on any atom is -0.493 e. The second-order valence-corrected chi connectivity index (χ2v) is 6.59. The van der Waals surface area contributed by atoms with Crippen molar-refractivity contribution in [3.05, 3.63) is 60.4 Å². The SMILES string of the molecule is COc1ccc(-c2ccc3nnc(SCc4ccccn4)n3n2)cc1OC. The summed E-state index contributed by atoms with van der Waals surface area (Å²) >= 11 is 1.55. The summed E-state index contributed by atoms with van der Waals surface area (Å²) in [4.78, 5) is 4.33. The van der Waals surface area contributed by atoms with Gasteiger partial charge in [0.25, 0.3) is 0 Å². The first-order valence-corrected chi connectivity index (χ1v) is 9.24. The minimum atomic E-state index is 0.658. The molecular weight excluding hydrogens is 362 g/mol. The van der Waals surface area contributed by atoms with Crippen LogP contribution >= 0.6 is 11.8 Å². The molecule has 0 spiro atoms. The van der Waals surface area contributed by atoms with E-state index >= 15 is 0 Å². The van der Waals surface area contributed by atoms with Crippen LogP contribution in [0.3, 0.4) is 0 Å². The molecule has 136 valence electrons. The van der Waals surface area contributed by atoms with Gasteiger partial charge < -0.3 is 9.47 Å². The zero-order chi connectivity index (χ0) is 18.6. The molecular formula is C19H17N5O2S. The van der Waals surface area contributed by atoms with E-state index < -0.39 is 0 Å². The van der Waals surface area contributed by atoms with Crippen molar-refractivity contribution < 1.29 is 9.47 Å². The Kier molecular flexibility index (Phi) is 4.88. The van der Waals surface area contributed by atoms with Crippen LogP contribution in [0.5, 0.6) is 11.5 Å². The minimum absolute atomic E-state index is 0.658. The fourth-order valence-electron chi connectivity index (χ4n) is 2.63. The molecule has 4 aromatic rings. The number of ether oxygens (including phenoxy) is 2. The van der Waals surface area contributed by atoms with Gasteiger partial charge in [-0.15, -0.1) is 10.2 Å². The highest BCUT2D eigenvalue weighted by molar-refractivity contribution is 7.98. The summed E-state index contributed by atoms with van der Waals surface area (Å²) in [5.74, 6) is 2.04.